The van der Waals surface area contributed by atoms with Gasteiger partial charge in [0.15, 0.2) is 10.8 Å². The average molecular weight is 391 g/mol. The Balaban J connectivity index is 2.24. The van der Waals surface area contributed by atoms with Crippen LogP contribution in [0.5, 0.6) is 5.75 Å². The van der Waals surface area contributed by atoms with Crippen LogP contribution in [0.4, 0.5) is 13.2 Å². The van der Waals surface area contributed by atoms with Crippen molar-refractivity contribution in [2.45, 2.75) is 55.2 Å². The molecule has 0 radical (unpaired) electrons. The Morgan fingerprint density at radius 2 is 1.92 bits per heavy atom. The Morgan fingerprint density at radius 3 is 2.54 bits per heavy atom. The summed E-state index contributed by atoms with van der Waals surface area (Å²) >= 11 is 0. The fourth-order valence-electron chi connectivity index (χ4n) is 3.67. The topological polar surface area (TPSA) is 66.8 Å². The van der Waals surface area contributed by atoms with Gasteiger partial charge in [-0.2, -0.15) is 13.2 Å². The molecule has 0 aliphatic carbocycles. The van der Waals surface area contributed by atoms with E-state index in [4.69, 9.17) is 4.74 Å². The van der Waals surface area contributed by atoms with E-state index in [2.05, 4.69) is 0 Å². The van der Waals surface area contributed by atoms with Crippen molar-refractivity contribution >= 4 is 16.7 Å². The zero-order chi connectivity index (χ0) is 19.3. The lowest BCUT2D eigenvalue weighted by atomic mass is 9.84. The first-order valence-corrected chi connectivity index (χ1v) is 9.43. The molecule has 1 N–H and O–H groups in total. The quantitative estimate of drug-likeness (QED) is 0.842. The molecular formula is C17H20F3NO4S. The molecule has 0 spiro atoms. The van der Waals surface area contributed by atoms with Gasteiger partial charge in [0.2, 0.25) is 10.8 Å². The number of amides is 1. The Hall–Kier alpha value is -1.61. The molecule has 26 heavy (non-hydrogen) atoms. The van der Waals surface area contributed by atoms with Crippen molar-refractivity contribution < 1.29 is 32.0 Å². The van der Waals surface area contributed by atoms with Crippen molar-refractivity contribution in [1.29, 1.82) is 0 Å². The Morgan fingerprint density at radius 1 is 1.27 bits per heavy atom. The van der Waals surface area contributed by atoms with E-state index in [-0.39, 0.29) is 30.2 Å². The number of likely N-dealkylation sites (tertiary alicyclic amines) is 1. The number of halogens is 3. The van der Waals surface area contributed by atoms with Gasteiger partial charge in [0.25, 0.3) is 0 Å². The first-order valence-electron chi connectivity index (χ1n) is 8.28. The predicted octanol–water partition coefficient (Wildman–Crippen LogP) is 2.87. The summed E-state index contributed by atoms with van der Waals surface area (Å²) in [4.78, 5) is 10.8. The molecule has 2 heterocycles. The van der Waals surface area contributed by atoms with Gasteiger partial charge in [-0.15, -0.1) is 0 Å². The fraction of sp³-hybridized carbons (Fsp3) is 0.588. The second kappa shape index (κ2) is 6.23. The number of alkyl halides is 3. The minimum atomic E-state index is -5.17. The molecule has 5 nitrogen and oxygen atoms in total. The summed E-state index contributed by atoms with van der Waals surface area (Å²) in [5.41, 5.74) is -6.79. The van der Waals surface area contributed by atoms with Gasteiger partial charge in [-0.05, 0) is 32.8 Å². The number of nitrogens with zero attached hydrogens (tertiary/aromatic N) is 1. The third kappa shape index (κ3) is 2.81. The number of aliphatic hydroxyl groups is 1. The van der Waals surface area contributed by atoms with Crippen LogP contribution in [0.1, 0.15) is 44.7 Å². The maximum absolute atomic E-state index is 13.4. The van der Waals surface area contributed by atoms with Gasteiger partial charge in [-0.3, -0.25) is 4.79 Å². The molecule has 2 aliphatic rings. The Labute approximate surface area is 151 Å². The number of rotatable bonds is 2. The molecule has 0 bridgehead atoms. The van der Waals surface area contributed by atoms with Crippen LogP contribution in [0.25, 0.3) is 0 Å². The van der Waals surface area contributed by atoms with Crippen molar-refractivity contribution in [3.05, 3.63) is 29.8 Å². The van der Waals surface area contributed by atoms with E-state index in [1.165, 1.54) is 24.8 Å². The molecule has 1 aromatic carbocycles. The van der Waals surface area contributed by atoms with Crippen molar-refractivity contribution in [3.8, 4) is 5.75 Å². The minimum absolute atomic E-state index is 0.175. The van der Waals surface area contributed by atoms with Gasteiger partial charge in [0, 0.05) is 18.5 Å². The standard InChI is InChI=1S/C17H20F3NO4S/c1-15(2)16(23,26(24)17(18,19)20)14(21-10-6-5-9-13(21)22)11-7-3-4-8-12(11)25-15/h3-4,7-8,14,23H,5-6,9-10H2,1-2H3/t14-,16+,26?/m0/s1. The van der Waals surface area contributed by atoms with E-state index in [1.54, 1.807) is 18.2 Å². The monoisotopic (exact) mass is 391 g/mol. The third-order valence-corrected chi connectivity index (χ3v) is 6.68. The highest BCUT2D eigenvalue weighted by Gasteiger charge is 2.68. The number of piperidine rings is 1. The predicted molar refractivity (Wildman–Crippen MR) is 88.6 cm³/mol. The van der Waals surface area contributed by atoms with E-state index in [0.29, 0.717) is 12.8 Å². The molecule has 1 saturated heterocycles. The highest BCUT2D eigenvalue weighted by molar-refractivity contribution is 7.87. The van der Waals surface area contributed by atoms with Crippen LogP contribution in [0, 0.1) is 0 Å². The van der Waals surface area contributed by atoms with E-state index in [1.807, 2.05) is 0 Å². The molecule has 1 aromatic rings. The first kappa shape index (κ1) is 19.2. The normalized spacial score (nSPS) is 29.7. The van der Waals surface area contributed by atoms with Crippen LogP contribution in [-0.2, 0) is 15.6 Å². The Kier molecular flexibility index (Phi) is 4.59. The zero-order valence-electron chi connectivity index (χ0n) is 14.4. The minimum Gasteiger partial charge on any atom is -0.483 e. The Bertz CT molecular complexity index is 752. The van der Waals surface area contributed by atoms with E-state index < -0.39 is 32.9 Å². The third-order valence-electron chi connectivity index (χ3n) is 4.98. The van der Waals surface area contributed by atoms with E-state index in [0.717, 1.165) is 0 Å². The smallest absolute Gasteiger partial charge is 0.474 e. The van der Waals surface area contributed by atoms with Crippen molar-refractivity contribution in [2.24, 2.45) is 0 Å². The van der Waals surface area contributed by atoms with Gasteiger partial charge in [0.1, 0.15) is 17.4 Å². The summed E-state index contributed by atoms with van der Waals surface area (Å²) in [5, 5.41) is 11.2. The van der Waals surface area contributed by atoms with Gasteiger partial charge < -0.3 is 14.7 Å². The van der Waals surface area contributed by atoms with Gasteiger partial charge >= 0.3 is 5.51 Å². The first-order chi connectivity index (χ1) is 12.0. The average Bonchev–Trinajstić information content (AvgIpc) is 2.55. The maximum atomic E-state index is 13.4. The number of hydrogen-bond acceptors (Lipinski definition) is 4. The number of ether oxygens (including phenoxy) is 1. The summed E-state index contributed by atoms with van der Waals surface area (Å²) in [6, 6.07) is 4.87. The highest BCUT2D eigenvalue weighted by Crippen LogP contribution is 2.53. The number of para-hydroxylation sites is 1. The maximum Gasteiger partial charge on any atom is 0.474 e. The van der Waals surface area contributed by atoms with E-state index >= 15 is 0 Å². The molecule has 3 rings (SSSR count). The molecule has 9 heteroatoms. The number of benzene rings is 1. The lowest BCUT2D eigenvalue weighted by Gasteiger charge is -2.53. The summed E-state index contributed by atoms with van der Waals surface area (Å²) in [6.07, 6.45) is 1.40. The van der Waals surface area contributed by atoms with Crippen molar-refractivity contribution in [3.63, 3.8) is 0 Å². The van der Waals surface area contributed by atoms with Crippen LogP contribution in [0.15, 0.2) is 24.3 Å². The van der Waals surface area contributed by atoms with Crippen LogP contribution >= 0.6 is 0 Å². The lowest BCUT2D eigenvalue weighted by molar-refractivity contribution is -0.157. The molecule has 0 aromatic heterocycles. The van der Waals surface area contributed by atoms with Crippen molar-refractivity contribution in [2.75, 3.05) is 6.54 Å². The molecule has 1 unspecified atom stereocenters. The second-order valence-electron chi connectivity index (χ2n) is 7.01. The second-order valence-corrected chi connectivity index (χ2v) is 8.63. The van der Waals surface area contributed by atoms with Crippen LogP contribution < -0.4 is 4.74 Å². The van der Waals surface area contributed by atoms with E-state index in [9.17, 15) is 27.3 Å². The molecular weight excluding hydrogens is 371 g/mol. The van der Waals surface area contributed by atoms with Gasteiger partial charge in [0.05, 0.1) is 0 Å². The SMILES string of the molecule is CC1(C)Oc2ccccc2[C@H](N2CCCCC2=O)[C@@]1(O)S(=O)C(F)(F)F. The molecule has 2 aliphatic heterocycles. The molecule has 1 fully saturated rings. The molecule has 1 amide bonds. The number of hydrogen-bond donors (Lipinski definition) is 1. The van der Waals surface area contributed by atoms with Crippen LogP contribution in [0.2, 0.25) is 0 Å². The largest absolute Gasteiger partial charge is 0.483 e. The molecule has 0 saturated carbocycles. The lowest BCUT2D eigenvalue weighted by Crippen LogP contribution is -2.68. The van der Waals surface area contributed by atoms with Crippen LogP contribution in [0.3, 0.4) is 0 Å². The molecule has 144 valence electrons. The summed E-state index contributed by atoms with van der Waals surface area (Å²) in [6.45, 7) is 2.70. The summed E-state index contributed by atoms with van der Waals surface area (Å²) in [5.74, 6) is -0.101. The van der Waals surface area contributed by atoms with Gasteiger partial charge in [-0.25, -0.2) is 4.21 Å². The fourth-order valence-corrected chi connectivity index (χ4v) is 4.97. The zero-order valence-corrected chi connectivity index (χ0v) is 15.2. The number of carbonyl (C=O) groups is 1. The van der Waals surface area contributed by atoms with Crippen LogP contribution in [-0.4, -0.2) is 42.7 Å². The number of carbonyl (C=O) groups excluding carboxylic acids is 1. The summed E-state index contributed by atoms with van der Waals surface area (Å²) < 4.78 is 58.3. The summed E-state index contributed by atoms with van der Waals surface area (Å²) in [7, 11) is -3.68. The number of fused-ring (bicyclic) bond motifs is 1. The highest BCUT2D eigenvalue weighted by atomic mass is 32.2. The van der Waals surface area contributed by atoms with Gasteiger partial charge in [-0.1, -0.05) is 18.2 Å². The van der Waals surface area contributed by atoms with Crippen molar-refractivity contribution in [1.82, 2.24) is 4.90 Å². The molecule has 3 atom stereocenters.